The van der Waals surface area contributed by atoms with Gasteiger partial charge in [-0.05, 0) is 56.6 Å². The molecule has 1 aromatic rings. The largest absolute Gasteiger partial charge is 0.368 e. The van der Waals surface area contributed by atoms with Gasteiger partial charge in [0.2, 0.25) is 0 Å². The van der Waals surface area contributed by atoms with Gasteiger partial charge in [0, 0.05) is 41.4 Å². The first-order chi connectivity index (χ1) is 10.3. The number of nitrogens with one attached hydrogen (secondary N) is 1. The summed E-state index contributed by atoms with van der Waals surface area (Å²) in [5.74, 6) is 0.918. The van der Waals surface area contributed by atoms with Crippen molar-refractivity contribution >= 4 is 17.3 Å². The average Bonchev–Trinajstić information content (AvgIpc) is 3.20. The molecular weight excluding hydrogens is 280 g/mol. The van der Waals surface area contributed by atoms with Gasteiger partial charge in [-0.3, -0.25) is 0 Å². The third kappa shape index (κ3) is 2.80. The van der Waals surface area contributed by atoms with E-state index in [0.29, 0.717) is 0 Å². The third-order valence-corrected chi connectivity index (χ3v) is 5.90. The zero-order valence-corrected chi connectivity index (χ0v) is 13.4. The molecule has 1 saturated heterocycles. The molecule has 0 aromatic heterocycles. The zero-order valence-electron chi connectivity index (χ0n) is 12.7. The fourth-order valence-electron chi connectivity index (χ4n) is 4.28. The maximum Gasteiger partial charge on any atom is 0.0471 e. The Morgan fingerprint density at radius 3 is 2.81 bits per heavy atom. The van der Waals surface area contributed by atoms with Gasteiger partial charge in [-0.2, -0.15) is 0 Å². The van der Waals surface area contributed by atoms with Crippen molar-refractivity contribution < 1.29 is 0 Å². The van der Waals surface area contributed by atoms with Crippen molar-refractivity contribution in [3.05, 3.63) is 28.8 Å². The highest BCUT2D eigenvalue weighted by Gasteiger charge is 2.36. The van der Waals surface area contributed by atoms with Gasteiger partial charge in [0.15, 0.2) is 0 Å². The van der Waals surface area contributed by atoms with E-state index in [4.69, 9.17) is 11.6 Å². The molecule has 2 unspecified atom stereocenters. The molecule has 2 aliphatic carbocycles. The molecule has 1 N–H and O–H groups in total. The standard InChI is InChI=1S/C18H25ClN2/c19-16-6-2-8-18(15(16)12-20-14-9-10-14)21-11-3-5-13-4-1-7-17(13)21/h2,6,8,13-14,17,20H,1,3-5,7,9-12H2. The van der Waals surface area contributed by atoms with Crippen LogP contribution in [-0.2, 0) is 6.54 Å². The van der Waals surface area contributed by atoms with Gasteiger partial charge in [0.25, 0.3) is 0 Å². The van der Waals surface area contributed by atoms with Gasteiger partial charge in [0.05, 0.1) is 0 Å². The predicted octanol–water partition coefficient (Wildman–Crippen LogP) is 4.36. The van der Waals surface area contributed by atoms with Crippen LogP contribution < -0.4 is 10.2 Å². The molecule has 21 heavy (non-hydrogen) atoms. The van der Waals surface area contributed by atoms with E-state index >= 15 is 0 Å². The Hall–Kier alpha value is -0.730. The van der Waals surface area contributed by atoms with Crippen LogP contribution in [0.1, 0.15) is 50.5 Å². The lowest BCUT2D eigenvalue weighted by molar-refractivity contribution is 0.362. The van der Waals surface area contributed by atoms with E-state index in [2.05, 4.69) is 22.3 Å². The Kier molecular flexibility index (Phi) is 3.85. The minimum absolute atomic E-state index is 0.731. The van der Waals surface area contributed by atoms with E-state index < -0.39 is 0 Å². The van der Waals surface area contributed by atoms with E-state index in [0.717, 1.165) is 29.6 Å². The van der Waals surface area contributed by atoms with Crippen LogP contribution in [0.15, 0.2) is 18.2 Å². The van der Waals surface area contributed by atoms with Crippen molar-refractivity contribution in [2.24, 2.45) is 5.92 Å². The second-order valence-electron chi connectivity index (χ2n) is 6.99. The number of hydrogen-bond acceptors (Lipinski definition) is 2. The predicted molar refractivity (Wildman–Crippen MR) is 89.0 cm³/mol. The lowest BCUT2D eigenvalue weighted by atomic mass is 9.91. The molecule has 3 aliphatic rings. The molecule has 1 heterocycles. The van der Waals surface area contributed by atoms with Crippen LogP contribution in [0.2, 0.25) is 5.02 Å². The topological polar surface area (TPSA) is 15.3 Å². The van der Waals surface area contributed by atoms with Crippen LogP contribution in [0.4, 0.5) is 5.69 Å². The Morgan fingerprint density at radius 1 is 1.10 bits per heavy atom. The number of halogens is 1. The van der Waals surface area contributed by atoms with Crippen molar-refractivity contribution in [2.45, 2.75) is 63.6 Å². The SMILES string of the molecule is Clc1cccc(N2CCCC3CCCC32)c1CNC1CC1. The van der Waals surface area contributed by atoms with E-state index in [1.54, 1.807) is 0 Å². The first-order valence-electron chi connectivity index (χ1n) is 8.60. The maximum atomic E-state index is 6.53. The summed E-state index contributed by atoms with van der Waals surface area (Å²) in [6, 6.07) is 7.95. The third-order valence-electron chi connectivity index (χ3n) is 5.54. The van der Waals surface area contributed by atoms with Crippen molar-refractivity contribution in [3.63, 3.8) is 0 Å². The van der Waals surface area contributed by atoms with Gasteiger partial charge in [0.1, 0.15) is 0 Å². The summed E-state index contributed by atoms with van der Waals surface area (Å²) >= 11 is 6.53. The summed E-state index contributed by atoms with van der Waals surface area (Å²) in [5, 5.41) is 4.57. The number of fused-ring (bicyclic) bond motifs is 1. The monoisotopic (exact) mass is 304 g/mol. The molecule has 3 heteroatoms. The molecule has 4 rings (SSSR count). The second-order valence-corrected chi connectivity index (χ2v) is 7.39. The highest BCUT2D eigenvalue weighted by atomic mass is 35.5. The van der Waals surface area contributed by atoms with Crippen molar-refractivity contribution in [1.29, 1.82) is 0 Å². The summed E-state index contributed by atoms with van der Waals surface area (Å²) in [6.45, 7) is 2.13. The normalized spacial score (nSPS) is 28.7. The quantitative estimate of drug-likeness (QED) is 0.889. The van der Waals surface area contributed by atoms with E-state index in [-0.39, 0.29) is 0 Å². The van der Waals surface area contributed by atoms with Gasteiger partial charge < -0.3 is 10.2 Å². The van der Waals surface area contributed by atoms with E-state index in [1.807, 2.05) is 6.07 Å². The van der Waals surface area contributed by atoms with Crippen LogP contribution in [0.3, 0.4) is 0 Å². The van der Waals surface area contributed by atoms with Gasteiger partial charge >= 0.3 is 0 Å². The molecular formula is C18H25ClN2. The fourth-order valence-corrected chi connectivity index (χ4v) is 4.51. The van der Waals surface area contributed by atoms with Gasteiger partial charge in [-0.1, -0.05) is 24.1 Å². The second kappa shape index (κ2) is 5.81. The molecule has 0 bridgehead atoms. The Morgan fingerprint density at radius 2 is 1.95 bits per heavy atom. The molecule has 2 nitrogen and oxygen atoms in total. The van der Waals surface area contributed by atoms with E-state index in [9.17, 15) is 0 Å². The molecule has 0 amide bonds. The molecule has 3 fully saturated rings. The number of piperidine rings is 1. The molecule has 0 radical (unpaired) electrons. The van der Waals surface area contributed by atoms with Crippen LogP contribution in [0.5, 0.6) is 0 Å². The van der Waals surface area contributed by atoms with Crippen LogP contribution in [-0.4, -0.2) is 18.6 Å². The number of nitrogens with zero attached hydrogens (tertiary/aromatic N) is 1. The summed E-state index contributed by atoms with van der Waals surface area (Å²) in [6.07, 6.45) is 9.62. The lowest BCUT2D eigenvalue weighted by Crippen LogP contribution is -2.43. The van der Waals surface area contributed by atoms with Crippen LogP contribution in [0.25, 0.3) is 0 Å². The minimum atomic E-state index is 0.731. The number of hydrogen-bond donors (Lipinski definition) is 1. The van der Waals surface area contributed by atoms with Crippen molar-refractivity contribution in [1.82, 2.24) is 5.32 Å². The molecule has 1 aromatic carbocycles. The van der Waals surface area contributed by atoms with Gasteiger partial charge in [-0.15, -0.1) is 0 Å². The highest BCUT2D eigenvalue weighted by Crippen LogP contribution is 2.41. The fraction of sp³-hybridized carbons (Fsp3) is 0.667. The summed E-state index contributed by atoms with van der Waals surface area (Å²) in [4.78, 5) is 2.68. The smallest absolute Gasteiger partial charge is 0.0471 e. The van der Waals surface area contributed by atoms with E-state index in [1.165, 1.54) is 62.7 Å². The number of anilines is 1. The highest BCUT2D eigenvalue weighted by molar-refractivity contribution is 6.31. The first-order valence-corrected chi connectivity index (χ1v) is 8.98. The number of benzene rings is 1. The first kappa shape index (κ1) is 13.9. The summed E-state index contributed by atoms with van der Waals surface area (Å²) in [7, 11) is 0. The molecule has 114 valence electrons. The Bertz CT molecular complexity index is 512. The van der Waals surface area contributed by atoms with Gasteiger partial charge in [-0.25, -0.2) is 0 Å². The van der Waals surface area contributed by atoms with Crippen LogP contribution in [0, 0.1) is 5.92 Å². The average molecular weight is 305 g/mol. The molecule has 1 aliphatic heterocycles. The van der Waals surface area contributed by atoms with Crippen molar-refractivity contribution in [2.75, 3.05) is 11.4 Å². The minimum Gasteiger partial charge on any atom is -0.368 e. The summed E-state index contributed by atoms with van der Waals surface area (Å²) < 4.78 is 0. The zero-order chi connectivity index (χ0) is 14.2. The Balaban J connectivity index is 1.61. The number of rotatable bonds is 4. The Labute approximate surface area is 132 Å². The lowest BCUT2D eigenvalue weighted by Gasteiger charge is -2.40. The molecule has 0 spiro atoms. The summed E-state index contributed by atoms with van der Waals surface area (Å²) in [5.41, 5.74) is 2.71. The maximum absolute atomic E-state index is 6.53. The van der Waals surface area contributed by atoms with Crippen molar-refractivity contribution in [3.8, 4) is 0 Å². The van der Waals surface area contributed by atoms with Crippen LogP contribution >= 0.6 is 11.6 Å². The molecule has 2 atom stereocenters. The molecule has 2 saturated carbocycles.